The first-order chi connectivity index (χ1) is 14.8. The molecule has 2 aliphatic heterocycles. The van der Waals surface area contributed by atoms with Crippen LogP contribution in [-0.4, -0.2) is 64.7 Å². The number of carbonyl (C=O) groups excluding carboxylic acids is 1. The molecule has 0 saturated carbocycles. The Bertz CT molecular complexity index is 797. The lowest BCUT2D eigenvalue weighted by atomic mass is 9.92. The van der Waals surface area contributed by atoms with Crippen LogP contribution in [0.2, 0.25) is 0 Å². The third-order valence-electron chi connectivity index (χ3n) is 6.08. The average molecular weight is 452 g/mol. The standard InChI is InChI=1S/C23H37N3O4S/c1-18-14-19(2)17-26(16-18)12-4-3-11-24-23(27)20-7-9-22(10-8-20)31(28,29)25-15-21-6-5-13-30-21/h7-10,18-19,21,25H,3-6,11-17H2,1-2H3,(H,24,27). The van der Waals surface area contributed by atoms with Crippen molar-refractivity contribution in [1.82, 2.24) is 14.9 Å². The van der Waals surface area contributed by atoms with Gasteiger partial charge in [0.1, 0.15) is 0 Å². The van der Waals surface area contributed by atoms with E-state index in [9.17, 15) is 13.2 Å². The van der Waals surface area contributed by atoms with Crippen LogP contribution in [0.25, 0.3) is 0 Å². The van der Waals surface area contributed by atoms with Gasteiger partial charge in [-0.25, -0.2) is 13.1 Å². The molecule has 8 heteroatoms. The SMILES string of the molecule is CC1CC(C)CN(CCCCNC(=O)c2ccc(S(=O)(=O)NCC3CCCO3)cc2)C1. The molecule has 7 nitrogen and oxygen atoms in total. The third-order valence-corrected chi connectivity index (χ3v) is 7.52. The zero-order chi connectivity index (χ0) is 22.3. The van der Waals surface area contributed by atoms with Crippen LogP contribution in [-0.2, 0) is 14.8 Å². The number of benzene rings is 1. The molecule has 31 heavy (non-hydrogen) atoms. The quantitative estimate of drug-likeness (QED) is 0.534. The fourth-order valence-corrected chi connectivity index (χ4v) is 5.68. The van der Waals surface area contributed by atoms with Gasteiger partial charge in [0.25, 0.3) is 5.91 Å². The van der Waals surface area contributed by atoms with E-state index in [1.54, 1.807) is 12.1 Å². The summed E-state index contributed by atoms with van der Waals surface area (Å²) in [4.78, 5) is 15.0. The maximum Gasteiger partial charge on any atom is 0.251 e. The lowest BCUT2D eigenvalue weighted by Gasteiger charge is -2.34. The summed E-state index contributed by atoms with van der Waals surface area (Å²) in [5.41, 5.74) is 0.469. The number of nitrogens with zero attached hydrogens (tertiary/aromatic N) is 1. The first-order valence-corrected chi connectivity index (χ1v) is 13.0. The summed E-state index contributed by atoms with van der Waals surface area (Å²) in [5.74, 6) is 1.36. The number of unbranched alkanes of at least 4 members (excludes halogenated alkanes) is 1. The molecular formula is C23H37N3O4S. The van der Waals surface area contributed by atoms with Gasteiger partial charge in [-0.15, -0.1) is 0 Å². The van der Waals surface area contributed by atoms with Gasteiger partial charge in [0.2, 0.25) is 10.0 Å². The minimum atomic E-state index is -3.60. The second-order valence-corrected chi connectivity index (χ2v) is 10.9. The number of piperidine rings is 1. The van der Waals surface area contributed by atoms with Crippen LogP contribution in [0.3, 0.4) is 0 Å². The highest BCUT2D eigenvalue weighted by Gasteiger charge is 2.22. The highest BCUT2D eigenvalue weighted by atomic mass is 32.2. The van der Waals surface area contributed by atoms with E-state index in [2.05, 4.69) is 28.8 Å². The van der Waals surface area contributed by atoms with Gasteiger partial charge >= 0.3 is 0 Å². The van der Waals surface area contributed by atoms with Crippen molar-refractivity contribution in [2.75, 3.05) is 39.3 Å². The van der Waals surface area contributed by atoms with Gasteiger partial charge < -0.3 is 15.0 Å². The zero-order valence-electron chi connectivity index (χ0n) is 18.8. The van der Waals surface area contributed by atoms with Gasteiger partial charge in [-0.1, -0.05) is 13.8 Å². The summed E-state index contributed by atoms with van der Waals surface area (Å²) in [6, 6.07) is 6.08. The number of hydrogen-bond acceptors (Lipinski definition) is 5. The average Bonchev–Trinajstić information content (AvgIpc) is 3.25. The Morgan fingerprint density at radius 1 is 1.13 bits per heavy atom. The molecule has 1 aromatic rings. The normalized spacial score (nSPS) is 24.9. The summed E-state index contributed by atoms with van der Waals surface area (Å²) in [6.07, 6.45) is 5.10. The predicted molar refractivity (Wildman–Crippen MR) is 122 cm³/mol. The zero-order valence-corrected chi connectivity index (χ0v) is 19.6. The van der Waals surface area contributed by atoms with Gasteiger partial charge in [-0.3, -0.25) is 4.79 Å². The van der Waals surface area contributed by atoms with E-state index in [4.69, 9.17) is 4.74 Å². The van der Waals surface area contributed by atoms with Crippen molar-refractivity contribution in [2.45, 2.75) is 57.0 Å². The van der Waals surface area contributed by atoms with E-state index in [1.807, 2.05) is 0 Å². The first kappa shape index (κ1) is 24.2. The Morgan fingerprint density at radius 3 is 2.48 bits per heavy atom. The summed E-state index contributed by atoms with van der Waals surface area (Å²) in [7, 11) is -3.60. The molecule has 2 saturated heterocycles. The van der Waals surface area contributed by atoms with Crippen LogP contribution >= 0.6 is 0 Å². The molecule has 2 aliphatic rings. The fourth-order valence-electron chi connectivity index (χ4n) is 4.62. The van der Waals surface area contributed by atoms with E-state index >= 15 is 0 Å². The lowest BCUT2D eigenvalue weighted by Crippen LogP contribution is -2.39. The largest absolute Gasteiger partial charge is 0.377 e. The molecule has 2 N–H and O–H groups in total. The Balaban J connectivity index is 1.37. The number of nitrogens with one attached hydrogen (secondary N) is 2. The lowest BCUT2D eigenvalue weighted by molar-refractivity contribution is 0.0951. The summed E-state index contributed by atoms with van der Waals surface area (Å²) >= 11 is 0. The van der Waals surface area contributed by atoms with Gasteiger partial charge in [-0.2, -0.15) is 0 Å². The smallest absolute Gasteiger partial charge is 0.251 e. The number of sulfonamides is 1. The molecule has 1 aromatic carbocycles. The van der Waals surface area contributed by atoms with Gasteiger partial charge in [-0.05, 0) is 74.8 Å². The third kappa shape index (κ3) is 7.56. The summed E-state index contributed by atoms with van der Waals surface area (Å²) in [5, 5.41) is 2.94. The van der Waals surface area contributed by atoms with Crippen molar-refractivity contribution < 1.29 is 17.9 Å². The van der Waals surface area contributed by atoms with Crippen LogP contribution in [0, 0.1) is 11.8 Å². The number of amides is 1. The van der Waals surface area contributed by atoms with Crippen molar-refractivity contribution in [3.63, 3.8) is 0 Å². The summed E-state index contributed by atoms with van der Waals surface area (Å²) in [6.45, 7) is 9.66. The maximum absolute atomic E-state index is 12.4. The highest BCUT2D eigenvalue weighted by Crippen LogP contribution is 2.21. The second-order valence-electron chi connectivity index (χ2n) is 9.18. The number of likely N-dealkylation sites (tertiary alicyclic amines) is 1. The van der Waals surface area contributed by atoms with E-state index in [-0.39, 0.29) is 23.5 Å². The van der Waals surface area contributed by atoms with E-state index < -0.39 is 10.0 Å². The Kier molecular flexibility index (Phi) is 8.89. The van der Waals surface area contributed by atoms with E-state index in [0.29, 0.717) is 18.7 Å². The van der Waals surface area contributed by atoms with Gasteiger partial charge in [0.05, 0.1) is 11.0 Å². The number of hydrogen-bond donors (Lipinski definition) is 2. The van der Waals surface area contributed by atoms with Crippen molar-refractivity contribution in [1.29, 1.82) is 0 Å². The van der Waals surface area contributed by atoms with Crippen LogP contribution in [0.15, 0.2) is 29.2 Å². The molecule has 0 aliphatic carbocycles. The highest BCUT2D eigenvalue weighted by molar-refractivity contribution is 7.89. The molecule has 0 aromatic heterocycles. The van der Waals surface area contributed by atoms with Gasteiger partial charge in [0.15, 0.2) is 0 Å². The second kappa shape index (κ2) is 11.4. The van der Waals surface area contributed by atoms with Crippen LogP contribution < -0.4 is 10.0 Å². The maximum atomic E-state index is 12.4. The molecule has 2 fully saturated rings. The molecule has 0 spiro atoms. The van der Waals surface area contributed by atoms with Crippen molar-refractivity contribution in [2.24, 2.45) is 11.8 Å². The van der Waals surface area contributed by atoms with Crippen LogP contribution in [0.1, 0.15) is 56.3 Å². The van der Waals surface area contributed by atoms with E-state index in [1.165, 1.54) is 31.6 Å². The first-order valence-electron chi connectivity index (χ1n) is 11.6. The Morgan fingerprint density at radius 2 is 1.84 bits per heavy atom. The fraction of sp³-hybridized carbons (Fsp3) is 0.696. The molecule has 2 heterocycles. The predicted octanol–water partition coefficient (Wildman–Crippen LogP) is 2.63. The Labute approximate surface area is 187 Å². The molecule has 3 atom stereocenters. The van der Waals surface area contributed by atoms with Crippen molar-refractivity contribution in [3.8, 4) is 0 Å². The van der Waals surface area contributed by atoms with Gasteiger partial charge in [0, 0.05) is 38.3 Å². The minimum Gasteiger partial charge on any atom is -0.377 e. The number of carbonyl (C=O) groups is 1. The molecule has 0 radical (unpaired) electrons. The van der Waals surface area contributed by atoms with Crippen molar-refractivity contribution >= 4 is 15.9 Å². The Hall–Kier alpha value is -1.48. The summed E-state index contributed by atoms with van der Waals surface area (Å²) < 4.78 is 32.9. The molecule has 0 bridgehead atoms. The number of rotatable bonds is 10. The van der Waals surface area contributed by atoms with Crippen molar-refractivity contribution in [3.05, 3.63) is 29.8 Å². The van der Waals surface area contributed by atoms with Crippen LogP contribution in [0.4, 0.5) is 0 Å². The van der Waals surface area contributed by atoms with E-state index in [0.717, 1.165) is 44.1 Å². The molecule has 174 valence electrons. The topological polar surface area (TPSA) is 87.7 Å². The minimum absolute atomic E-state index is 0.0541. The number of ether oxygens (including phenoxy) is 1. The monoisotopic (exact) mass is 451 g/mol. The molecular weight excluding hydrogens is 414 g/mol. The molecule has 3 unspecified atom stereocenters. The van der Waals surface area contributed by atoms with Crippen LogP contribution in [0.5, 0.6) is 0 Å². The molecule has 1 amide bonds. The molecule has 3 rings (SSSR count).